The van der Waals surface area contributed by atoms with Gasteiger partial charge in [0.1, 0.15) is 1.37 Å². The Kier molecular flexibility index (Phi) is 1.82. The van der Waals surface area contributed by atoms with Crippen LogP contribution in [0, 0.1) is 0 Å². The molecule has 3 heteroatoms. The van der Waals surface area contributed by atoms with Gasteiger partial charge in [0.05, 0.1) is 6.67 Å². The van der Waals surface area contributed by atoms with E-state index >= 15 is 0 Å². The summed E-state index contributed by atoms with van der Waals surface area (Å²) in [6.07, 6.45) is -0.836. The van der Waals surface area contributed by atoms with Gasteiger partial charge in [0.25, 0.3) is 0 Å². The van der Waals surface area contributed by atoms with Gasteiger partial charge in [-0.25, -0.2) is 0 Å². The highest BCUT2D eigenvalue weighted by molar-refractivity contribution is 5.45. The lowest BCUT2D eigenvalue weighted by Crippen LogP contribution is -2.19. The van der Waals surface area contributed by atoms with Crippen LogP contribution in [-0.4, -0.2) is 13.1 Å². The fraction of sp³-hybridized carbons (Fsp3) is 0.500. The molecule has 0 rings (SSSR count). The van der Waals surface area contributed by atoms with E-state index in [1.807, 2.05) is 5.32 Å². The van der Waals surface area contributed by atoms with Crippen LogP contribution in [-0.2, 0) is 4.79 Å². The van der Waals surface area contributed by atoms with Gasteiger partial charge in [0.2, 0.25) is 6.39 Å². The molecule has 0 unspecified atom stereocenters. The maximum absolute atomic E-state index is 9.52. The standard InChI is InChI=1S/C2H6N2O/c3-1-4-2-5/h2H,1,3H2,(H,4,5)/i2D. The van der Waals surface area contributed by atoms with Gasteiger partial charge in [-0.1, -0.05) is 0 Å². The van der Waals surface area contributed by atoms with Crippen molar-refractivity contribution < 1.29 is 6.17 Å². The average Bonchev–Trinajstić information content (AvgIpc) is 1.35. The van der Waals surface area contributed by atoms with E-state index in [1.165, 1.54) is 0 Å². The number of carbonyl (C=O) groups excluding carboxylic acids is 1. The number of hydrogen-bond acceptors (Lipinski definition) is 2. The van der Waals surface area contributed by atoms with Crippen LogP contribution < -0.4 is 11.1 Å². The molecule has 0 aliphatic carbocycles. The minimum absolute atomic E-state index is 0.0440. The van der Waals surface area contributed by atoms with Crippen molar-refractivity contribution >= 4 is 6.39 Å². The van der Waals surface area contributed by atoms with Gasteiger partial charge in [-0.05, 0) is 0 Å². The number of carbonyl (C=O) groups is 1. The van der Waals surface area contributed by atoms with Crippen molar-refractivity contribution in [3.05, 3.63) is 0 Å². The quantitative estimate of drug-likeness (QED) is 0.299. The SMILES string of the molecule is [2H]C(=O)NCN. The highest BCUT2D eigenvalue weighted by atomic mass is 16.1. The Morgan fingerprint density at radius 1 is 2.40 bits per heavy atom. The zero-order valence-corrected chi connectivity index (χ0v) is 2.69. The molecule has 0 aromatic rings. The van der Waals surface area contributed by atoms with E-state index in [2.05, 4.69) is 0 Å². The molecule has 3 nitrogen and oxygen atoms in total. The zero-order valence-electron chi connectivity index (χ0n) is 3.69. The minimum Gasteiger partial charge on any atom is -0.346 e. The molecule has 0 saturated heterocycles. The Bertz CT molecular complexity index is 55.5. The summed E-state index contributed by atoms with van der Waals surface area (Å²) in [6, 6.07) is 0. The number of nitrogens with one attached hydrogen (secondary N) is 1. The van der Waals surface area contributed by atoms with Crippen LogP contribution >= 0.6 is 0 Å². The molecular formula is C2H6N2O. The van der Waals surface area contributed by atoms with Crippen LogP contribution in [0.25, 0.3) is 0 Å². The van der Waals surface area contributed by atoms with Gasteiger partial charge in [0, 0.05) is 0 Å². The second-order valence-electron chi connectivity index (χ2n) is 0.483. The van der Waals surface area contributed by atoms with Crippen molar-refractivity contribution in [2.45, 2.75) is 0 Å². The highest BCUT2D eigenvalue weighted by Crippen LogP contribution is 1.21. The summed E-state index contributed by atoms with van der Waals surface area (Å²) >= 11 is 0. The van der Waals surface area contributed by atoms with Crippen molar-refractivity contribution in [2.75, 3.05) is 6.67 Å². The first-order valence-electron chi connectivity index (χ1n) is 1.72. The number of rotatable bonds is 1. The summed E-state index contributed by atoms with van der Waals surface area (Å²) in [5.41, 5.74) is 4.78. The largest absolute Gasteiger partial charge is 0.346 e. The van der Waals surface area contributed by atoms with Crippen LogP contribution in [0.2, 0.25) is 0 Å². The summed E-state index contributed by atoms with van der Waals surface area (Å²) in [5.74, 6) is 0. The average molecular weight is 75.1 g/mol. The maximum Gasteiger partial charge on any atom is 0.208 e. The Morgan fingerprint density at radius 3 is 3.00 bits per heavy atom. The van der Waals surface area contributed by atoms with Crippen LogP contribution in [0.5, 0.6) is 0 Å². The van der Waals surface area contributed by atoms with Gasteiger partial charge >= 0.3 is 0 Å². The molecule has 5 heavy (non-hydrogen) atoms. The lowest BCUT2D eigenvalue weighted by Gasteiger charge is -1.79. The lowest BCUT2D eigenvalue weighted by molar-refractivity contribution is -0.109. The van der Waals surface area contributed by atoms with Gasteiger partial charge in [0.15, 0.2) is 0 Å². The summed E-state index contributed by atoms with van der Waals surface area (Å²) < 4.78 is 6.15. The molecule has 0 atom stereocenters. The molecule has 0 aliphatic rings. The van der Waals surface area contributed by atoms with Crippen molar-refractivity contribution in [3.63, 3.8) is 0 Å². The maximum atomic E-state index is 9.52. The first-order valence-corrected chi connectivity index (χ1v) is 1.22. The summed E-state index contributed by atoms with van der Waals surface area (Å²) in [6.45, 7) is 0.0440. The fourth-order valence-corrected chi connectivity index (χ4v) is 0.0417. The van der Waals surface area contributed by atoms with Gasteiger partial charge in [-0.15, -0.1) is 0 Å². The Morgan fingerprint density at radius 2 is 3.00 bits per heavy atom. The molecule has 0 saturated carbocycles. The first kappa shape index (κ1) is 2.66. The van der Waals surface area contributed by atoms with Crippen LogP contribution in [0.4, 0.5) is 0 Å². The predicted octanol–water partition coefficient (Wildman–Crippen LogP) is -1.35. The normalized spacial score (nSPS) is 9.40. The summed E-state index contributed by atoms with van der Waals surface area (Å²) in [5, 5.41) is 2.01. The molecule has 0 aromatic carbocycles. The van der Waals surface area contributed by atoms with E-state index in [4.69, 9.17) is 7.10 Å². The third-order valence-electron chi connectivity index (χ3n) is 0.174. The number of hydrogen-bond donors (Lipinski definition) is 2. The van der Waals surface area contributed by atoms with Gasteiger partial charge in [-0.3, -0.25) is 4.79 Å². The molecule has 1 amide bonds. The molecular weight excluding hydrogens is 68.0 g/mol. The minimum atomic E-state index is -0.836. The van der Waals surface area contributed by atoms with E-state index in [9.17, 15) is 4.79 Å². The third-order valence-corrected chi connectivity index (χ3v) is 0.174. The summed E-state index contributed by atoms with van der Waals surface area (Å²) in [4.78, 5) is 9.52. The van der Waals surface area contributed by atoms with E-state index < -0.39 is 6.39 Å². The molecule has 0 spiro atoms. The van der Waals surface area contributed by atoms with Crippen LogP contribution in [0.3, 0.4) is 0 Å². The second-order valence-corrected chi connectivity index (χ2v) is 0.483. The number of amides is 1. The van der Waals surface area contributed by atoms with Crippen molar-refractivity contribution in [1.29, 1.82) is 0 Å². The molecule has 0 fully saturated rings. The monoisotopic (exact) mass is 75.1 g/mol. The Hall–Kier alpha value is -0.570. The topological polar surface area (TPSA) is 55.1 Å². The van der Waals surface area contributed by atoms with Crippen molar-refractivity contribution in [2.24, 2.45) is 5.73 Å². The van der Waals surface area contributed by atoms with Gasteiger partial charge in [-0.2, -0.15) is 0 Å². The lowest BCUT2D eigenvalue weighted by atomic mass is 11.1. The second kappa shape index (κ2) is 3.43. The highest BCUT2D eigenvalue weighted by Gasteiger charge is 1.58. The van der Waals surface area contributed by atoms with Crippen LogP contribution in [0.15, 0.2) is 0 Å². The smallest absolute Gasteiger partial charge is 0.208 e. The van der Waals surface area contributed by atoms with Crippen LogP contribution in [0.1, 0.15) is 1.37 Å². The molecule has 0 aromatic heterocycles. The Labute approximate surface area is 31.6 Å². The molecule has 0 aliphatic heterocycles. The fourth-order valence-electron chi connectivity index (χ4n) is 0.0417. The van der Waals surface area contributed by atoms with E-state index in [1.54, 1.807) is 0 Å². The van der Waals surface area contributed by atoms with Crippen molar-refractivity contribution in [1.82, 2.24) is 5.32 Å². The molecule has 0 radical (unpaired) electrons. The van der Waals surface area contributed by atoms with Gasteiger partial charge < -0.3 is 11.1 Å². The Balaban J connectivity index is 2.83. The zero-order chi connectivity index (χ0) is 4.99. The van der Waals surface area contributed by atoms with E-state index in [-0.39, 0.29) is 6.67 Å². The molecule has 0 bridgehead atoms. The summed E-state index contributed by atoms with van der Waals surface area (Å²) in [7, 11) is 0. The van der Waals surface area contributed by atoms with Crippen molar-refractivity contribution in [3.8, 4) is 0 Å². The van der Waals surface area contributed by atoms with E-state index in [0.717, 1.165) is 0 Å². The first-order chi connectivity index (χ1) is 2.77. The molecule has 3 N–H and O–H groups in total. The van der Waals surface area contributed by atoms with E-state index in [0.29, 0.717) is 0 Å². The molecule has 30 valence electrons. The predicted molar refractivity (Wildman–Crippen MR) is 18.3 cm³/mol. The third kappa shape index (κ3) is 3.43. The molecule has 0 heterocycles. The number of nitrogens with two attached hydrogens (primary N) is 1.